The summed E-state index contributed by atoms with van der Waals surface area (Å²) in [7, 11) is 0. The Kier molecular flexibility index (Phi) is 6.64. The maximum absolute atomic E-state index is 12.0. The van der Waals surface area contributed by atoms with Crippen LogP contribution in [0.2, 0.25) is 5.02 Å². The average Bonchev–Trinajstić information content (AvgIpc) is 2.59. The van der Waals surface area contributed by atoms with Gasteiger partial charge in [-0.1, -0.05) is 25.4 Å². The van der Waals surface area contributed by atoms with E-state index in [0.29, 0.717) is 22.1 Å². The van der Waals surface area contributed by atoms with Crippen LogP contribution < -0.4 is 15.4 Å². The third-order valence-electron chi connectivity index (χ3n) is 3.74. The quantitative estimate of drug-likeness (QED) is 0.778. The molecule has 6 heteroatoms. The Hall–Kier alpha value is -2.53. The van der Waals surface area contributed by atoms with Gasteiger partial charge in [-0.05, 0) is 61.4 Å². The summed E-state index contributed by atoms with van der Waals surface area (Å²) in [6.07, 6.45) is 0. The second kappa shape index (κ2) is 8.72. The van der Waals surface area contributed by atoms with Crippen LogP contribution in [0, 0.1) is 19.8 Å². The first kappa shape index (κ1) is 19.8. The van der Waals surface area contributed by atoms with Gasteiger partial charge in [0.05, 0.1) is 0 Å². The molecule has 26 heavy (non-hydrogen) atoms. The molecule has 0 heterocycles. The Morgan fingerprint density at radius 1 is 1.00 bits per heavy atom. The number of ether oxygens (including phenoxy) is 1. The van der Waals surface area contributed by atoms with Crippen LogP contribution in [0.3, 0.4) is 0 Å². The number of hydrogen-bond donors (Lipinski definition) is 2. The fourth-order valence-corrected chi connectivity index (χ4v) is 2.37. The van der Waals surface area contributed by atoms with Crippen LogP contribution in [0.25, 0.3) is 0 Å². The Balaban J connectivity index is 1.89. The van der Waals surface area contributed by atoms with Crippen molar-refractivity contribution in [3.8, 4) is 5.75 Å². The highest BCUT2D eigenvalue weighted by atomic mass is 35.5. The molecule has 2 aromatic rings. The van der Waals surface area contributed by atoms with Crippen LogP contribution in [0.4, 0.5) is 11.4 Å². The number of halogens is 1. The fourth-order valence-electron chi connectivity index (χ4n) is 2.26. The highest BCUT2D eigenvalue weighted by Crippen LogP contribution is 2.25. The normalized spacial score (nSPS) is 10.5. The molecular formula is C20H23ClN2O3. The minimum Gasteiger partial charge on any atom is -0.484 e. The largest absolute Gasteiger partial charge is 0.484 e. The predicted molar refractivity (Wildman–Crippen MR) is 105 cm³/mol. The summed E-state index contributed by atoms with van der Waals surface area (Å²) in [4.78, 5) is 23.7. The lowest BCUT2D eigenvalue weighted by Gasteiger charge is -2.11. The molecule has 0 aromatic heterocycles. The number of benzene rings is 2. The standard InChI is InChI=1S/C20H23ClN2O3/c1-12(2)20(25)23-16-7-5-15(6-8-16)22-18(24)11-26-17-9-13(3)19(21)14(4)10-17/h5-10,12H,11H2,1-4H3,(H,22,24)(H,23,25). The number of aryl methyl sites for hydroxylation is 2. The van der Waals surface area contributed by atoms with Crippen LogP contribution in [-0.2, 0) is 9.59 Å². The second-order valence-electron chi connectivity index (χ2n) is 6.43. The number of rotatable bonds is 6. The van der Waals surface area contributed by atoms with Gasteiger partial charge in [0.15, 0.2) is 6.61 Å². The first-order valence-corrected chi connectivity index (χ1v) is 8.74. The van der Waals surface area contributed by atoms with Crippen LogP contribution in [0.1, 0.15) is 25.0 Å². The van der Waals surface area contributed by atoms with Gasteiger partial charge in [0.1, 0.15) is 5.75 Å². The zero-order valence-electron chi connectivity index (χ0n) is 15.4. The number of anilines is 2. The van der Waals surface area contributed by atoms with E-state index in [1.807, 2.05) is 27.7 Å². The summed E-state index contributed by atoms with van der Waals surface area (Å²) in [5.41, 5.74) is 3.12. The number of nitrogens with one attached hydrogen (secondary N) is 2. The Bertz CT molecular complexity index is 778. The predicted octanol–water partition coefficient (Wildman–Crippen LogP) is 4.57. The SMILES string of the molecule is Cc1cc(OCC(=O)Nc2ccc(NC(=O)C(C)C)cc2)cc(C)c1Cl. The average molecular weight is 375 g/mol. The molecule has 0 aliphatic carbocycles. The fraction of sp³-hybridized carbons (Fsp3) is 0.300. The van der Waals surface area contributed by atoms with Gasteiger partial charge in [-0.2, -0.15) is 0 Å². The first-order chi connectivity index (χ1) is 12.3. The molecule has 0 saturated carbocycles. The molecule has 138 valence electrons. The van der Waals surface area contributed by atoms with Crippen molar-refractivity contribution in [1.29, 1.82) is 0 Å². The Labute approximate surface area is 158 Å². The van der Waals surface area contributed by atoms with E-state index in [-0.39, 0.29) is 24.3 Å². The van der Waals surface area contributed by atoms with E-state index >= 15 is 0 Å². The number of hydrogen-bond acceptors (Lipinski definition) is 3. The van der Waals surface area contributed by atoms with Gasteiger partial charge >= 0.3 is 0 Å². The molecule has 2 amide bonds. The lowest BCUT2D eigenvalue weighted by atomic mass is 10.1. The van der Waals surface area contributed by atoms with Gasteiger partial charge in [-0.25, -0.2) is 0 Å². The van der Waals surface area contributed by atoms with Crippen molar-refractivity contribution in [2.45, 2.75) is 27.7 Å². The molecule has 0 radical (unpaired) electrons. The summed E-state index contributed by atoms with van der Waals surface area (Å²) in [6, 6.07) is 10.5. The molecule has 0 bridgehead atoms. The van der Waals surface area contributed by atoms with E-state index in [1.165, 1.54) is 0 Å². The third-order valence-corrected chi connectivity index (χ3v) is 4.34. The van der Waals surface area contributed by atoms with Gasteiger partial charge in [-0.15, -0.1) is 0 Å². The van der Waals surface area contributed by atoms with Crippen LogP contribution in [0.15, 0.2) is 36.4 Å². The minimum absolute atomic E-state index is 0.0521. The third kappa shape index (κ3) is 5.49. The van der Waals surface area contributed by atoms with Gasteiger partial charge < -0.3 is 15.4 Å². The molecule has 0 fully saturated rings. The van der Waals surface area contributed by atoms with E-state index in [2.05, 4.69) is 10.6 Å². The molecule has 2 N–H and O–H groups in total. The van der Waals surface area contributed by atoms with Crippen molar-refractivity contribution >= 4 is 34.8 Å². The summed E-state index contributed by atoms with van der Waals surface area (Å²) >= 11 is 6.12. The summed E-state index contributed by atoms with van der Waals surface area (Å²) < 4.78 is 5.53. The number of carbonyl (C=O) groups excluding carboxylic acids is 2. The summed E-state index contributed by atoms with van der Waals surface area (Å²) in [6.45, 7) is 7.33. The molecule has 5 nitrogen and oxygen atoms in total. The van der Waals surface area contributed by atoms with Crippen molar-refractivity contribution in [3.05, 3.63) is 52.5 Å². The topological polar surface area (TPSA) is 67.4 Å². The van der Waals surface area contributed by atoms with Crippen molar-refractivity contribution in [3.63, 3.8) is 0 Å². The zero-order chi connectivity index (χ0) is 19.3. The van der Waals surface area contributed by atoms with Crippen LogP contribution >= 0.6 is 11.6 Å². The molecule has 0 aliphatic rings. The highest BCUT2D eigenvalue weighted by Gasteiger charge is 2.09. The number of amides is 2. The van der Waals surface area contributed by atoms with Crippen LogP contribution in [-0.4, -0.2) is 18.4 Å². The summed E-state index contributed by atoms with van der Waals surface area (Å²) in [5, 5.41) is 6.25. The van der Waals surface area contributed by atoms with E-state index in [4.69, 9.17) is 16.3 Å². The molecule has 0 saturated heterocycles. The van der Waals surface area contributed by atoms with Gasteiger partial charge in [0, 0.05) is 22.3 Å². The van der Waals surface area contributed by atoms with E-state index in [0.717, 1.165) is 11.1 Å². The van der Waals surface area contributed by atoms with Crippen molar-refractivity contribution in [2.75, 3.05) is 17.2 Å². The zero-order valence-corrected chi connectivity index (χ0v) is 16.1. The summed E-state index contributed by atoms with van der Waals surface area (Å²) in [5.74, 6) is 0.191. The lowest BCUT2D eigenvalue weighted by Crippen LogP contribution is -2.20. The monoisotopic (exact) mass is 374 g/mol. The molecule has 0 unspecified atom stereocenters. The first-order valence-electron chi connectivity index (χ1n) is 8.36. The van der Waals surface area contributed by atoms with E-state index in [1.54, 1.807) is 36.4 Å². The molecule has 0 spiro atoms. The van der Waals surface area contributed by atoms with Crippen molar-refractivity contribution in [1.82, 2.24) is 0 Å². The number of carbonyl (C=O) groups is 2. The Morgan fingerprint density at radius 3 is 2.00 bits per heavy atom. The lowest BCUT2D eigenvalue weighted by molar-refractivity contribution is -0.119. The van der Waals surface area contributed by atoms with E-state index < -0.39 is 0 Å². The van der Waals surface area contributed by atoms with Crippen molar-refractivity contribution < 1.29 is 14.3 Å². The van der Waals surface area contributed by atoms with Crippen molar-refractivity contribution in [2.24, 2.45) is 5.92 Å². The highest BCUT2D eigenvalue weighted by molar-refractivity contribution is 6.32. The molecule has 2 rings (SSSR count). The Morgan fingerprint density at radius 2 is 1.50 bits per heavy atom. The maximum atomic E-state index is 12.0. The molecule has 0 aliphatic heterocycles. The second-order valence-corrected chi connectivity index (χ2v) is 6.81. The van der Waals surface area contributed by atoms with Gasteiger partial charge in [0.2, 0.25) is 5.91 Å². The molecule has 0 atom stereocenters. The van der Waals surface area contributed by atoms with Crippen LogP contribution in [0.5, 0.6) is 5.75 Å². The smallest absolute Gasteiger partial charge is 0.262 e. The van der Waals surface area contributed by atoms with Gasteiger partial charge in [0.25, 0.3) is 5.91 Å². The van der Waals surface area contributed by atoms with E-state index in [9.17, 15) is 9.59 Å². The van der Waals surface area contributed by atoms with Gasteiger partial charge in [-0.3, -0.25) is 9.59 Å². The molecular weight excluding hydrogens is 352 g/mol. The maximum Gasteiger partial charge on any atom is 0.262 e. The minimum atomic E-state index is -0.269. The molecule has 2 aromatic carbocycles.